The van der Waals surface area contributed by atoms with E-state index in [0.29, 0.717) is 5.69 Å². The Labute approximate surface area is 106 Å². The van der Waals surface area contributed by atoms with Gasteiger partial charge in [-0.1, -0.05) is 0 Å². The fourth-order valence-electron chi connectivity index (χ4n) is 2.61. The third-order valence-electron chi connectivity index (χ3n) is 3.53. The van der Waals surface area contributed by atoms with E-state index in [0.717, 1.165) is 30.9 Å². The lowest BCUT2D eigenvalue weighted by Crippen LogP contribution is -2.50. The highest BCUT2D eigenvalue weighted by molar-refractivity contribution is 6.00. The first-order valence-electron chi connectivity index (χ1n) is 6.27. The number of nitrogens with two attached hydrogens (primary N) is 1. The van der Waals surface area contributed by atoms with E-state index in [-0.39, 0.29) is 11.9 Å². The maximum absolute atomic E-state index is 12.3. The fourth-order valence-corrected chi connectivity index (χ4v) is 2.61. The minimum atomic E-state index is -0.429. The van der Waals surface area contributed by atoms with Crippen LogP contribution in [0.25, 0.3) is 0 Å². The lowest BCUT2D eigenvalue weighted by molar-refractivity contribution is -0.126. The summed E-state index contributed by atoms with van der Waals surface area (Å²) in [6, 6.07) is 5.65. The van der Waals surface area contributed by atoms with E-state index in [4.69, 9.17) is 10.5 Å². The van der Waals surface area contributed by atoms with E-state index in [2.05, 4.69) is 5.32 Å². The van der Waals surface area contributed by atoms with Gasteiger partial charge in [0.1, 0.15) is 5.75 Å². The standard InChI is InChI=1S/C13H17N3O2/c1-8-13(17)16(10-4-5-15-7-10)11-6-9(14)2-3-12(11)18-8/h2-3,6,8,10,15H,4-5,7,14H2,1H3. The number of carbonyl (C=O) groups is 1. The second-order valence-electron chi connectivity index (χ2n) is 4.84. The molecule has 1 aromatic rings. The maximum atomic E-state index is 12.3. The zero-order chi connectivity index (χ0) is 12.7. The number of fused-ring (bicyclic) bond motifs is 1. The third kappa shape index (κ3) is 1.71. The molecule has 0 saturated carbocycles. The molecule has 1 amide bonds. The Morgan fingerprint density at radius 2 is 2.33 bits per heavy atom. The van der Waals surface area contributed by atoms with E-state index in [1.165, 1.54) is 0 Å². The van der Waals surface area contributed by atoms with Crippen molar-refractivity contribution in [1.82, 2.24) is 5.32 Å². The van der Waals surface area contributed by atoms with Crippen LogP contribution >= 0.6 is 0 Å². The third-order valence-corrected chi connectivity index (χ3v) is 3.53. The van der Waals surface area contributed by atoms with Gasteiger partial charge in [0.2, 0.25) is 0 Å². The highest BCUT2D eigenvalue weighted by Crippen LogP contribution is 2.37. The number of hydrogen-bond donors (Lipinski definition) is 2. The first-order valence-corrected chi connectivity index (χ1v) is 6.27. The van der Waals surface area contributed by atoms with Crippen molar-refractivity contribution >= 4 is 17.3 Å². The normalized spacial score (nSPS) is 26.9. The zero-order valence-electron chi connectivity index (χ0n) is 10.3. The minimum Gasteiger partial charge on any atom is -0.479 e. The van der Waals surface area contributed by atoms with Crippen molar-refractivity contribution in [1.29, 1.82) is 0 Å². The molecule has 2 aliphatic rings. The van der Waals surface area contributed by atoms with Gasteiger partial charge in [-0.15, -0.1) is 0 Å². The second-order valence-corrected chi connectivity index (χ2v) is 4.84. The Bertz CT molecular complexity index is 483. The molecule has 2 aliphatic heterocycles. The number of benzene rings is 1. The van der Waals surface area contributed by atoms with Crippen LogP contribution in [0.2, 0.25) is 0 Å². The van der Waals surface area contributed by atoms with E-state index < -0.39 is 6.10 Å². The summed E-state index contributed by atoms with van der Waals surface area (Å²) in [5.41, 5.74) is 7.26. The van der Waals surface area contributed by atoms with Crippen molar-refractivity contribution in [3.63, 3.8) is 0 Å². The van der Waals surface area contributed by atoms with Gasteiger partial charge < -0.3 is 20.7 Å². The zero-order valence-corrected chi connectivity index (χ0v) is 10.3. The van der Waals surface area contributed by atoms with E-state index in [1.54, 1.807) is 13.0 Å². The van der Waals surface area contributed by atoms with Gasteiger partial charge in [-0.25, -0.2) is 0 Å². The van der Waals surface area contributed by atoms with Crippen LogP contribution in [0.4, 0.5) is 11.4 Å². The van der Waals surface area contributed by atoms with Crippen molar-refractivity contribution < 1.29 is 9.53 Å². The van der Waals surface area contributed by atoms with Gasteiger partial charge in [0.25, 0.3) is 5.91 Å². The molecule has 5 heteroatoms. The number of anilines is 2. The summed E-state index contributed by atoms with van der Waals surface area (Å²) in [6.07, 6.45) is 0.536. The highest BCUT2D eigenvalue weighted by atomic mass is 16.5. The van der Waals surface area contributed by atoms with E-state index >= 15 is 0 Å². The smallest absolute Gasteiger partial charge is 0.268 e. The van der Waals surface area contributed by atoms with Gasteiger partial charge in [0.15, 0.2) is 6.10 Å². The number of ether oxygens (including phenoxy) is 1. The Hall–Kier alpha value is -1.75. The Balaban J connectivity index is 2.05. The van der Waals surface area contributed by atoms with E-state index in [1.807, 2.05) is 17.0 Å². The average molecular weight is 247 g/mol. The van der Waals surface area contributed by atoms with Crippen LogP contribution in [0.15, 0.2) is 18.2 Å². The van der Waals surface area contributed by atoms with Crippen LogP contribution in [0.3, 0.4) is 0 Å². The topological polar surface area (TPSA) is 67.6 Å². The van der Waals surface area contributed by atoms with Gasteiger partial charge in [-0.05, 0) is 38.1 Å². The van der Waals surface area contributed by atoms with Gasteiger partial charge in [0.05, 0.1) is 11.7 Å². The van der Waals surface area contributed by atoms with Crippen LogP contribution < -0.4 is 20.7 Å². The monoisotopic (exact) mass is 247 g/mol. The molecular weight excluding hydrogens is 230 g/mol. The molecule has 0 radical (unpaired) electrons. The number of nitrogen functional groups attached to an aromatic ring is 1. The molecule has 0 aliphatic carbocycles. The van der Waals surface area contributed by atoms with Gasteiger partial charge in [-0.3, -0.25) is 4.79 Å². The number of nitrogens with zero attached hydrogens (tertiary/aromatic N) is 1. The molecule has 2 atom stereocenters. The molecule has 3 N–H and O–H groups in total. The average Bonchev–Trinajstić information content (AvgIpc) is 2.85. The lowest BCUT2D eigenvalue weighted by Gasteiger charge is -2.36. The molecule has 2 heterocycles. The molecule has 0 bridgehead atoms. The second kappa shape index (κ2) is 4.17. The Morgan fingerprint density at radius 3 is 3.06 bits per heavy atom. The van der Waals surface area contributed by atoms with Gasteiger partial charge in [-0.2, -0.15) is 0 Å². The summed E-state index contributed by atoms with van der Waals surface area (Å²) < 4.78 is 5.62. The molecule has 0 spiro atoms. The van der Waals surface area contributed by atoms with Crippen LogP contribution in [-0.4, -0.2) is 31.1 Å². The van der Waals surface area contributed by atoms with Crippen molar-refractivity contribution in [2.75, 3.05) is 23.7 Å². The number of nitrogens with one attached hydrogen (secondary N) is 1. The van der Waals surface area contributed by atoms with Crippen molar-refractivity contribution in [3.8, 4) is 5.75 Å². The van der Waals surface area contributed by atoms with E-state index in [9.17, 15) is 4.79 Å². The molecule has 0 aromatic heterocycles. The van der Waals surface area contributed by atoms with Crippen LogP contribution in [0.1, 0.15) is 13.3 Å². The summed E-state index contributed by atoms with van der Waals surface area (Å²) in [6.45, 7) is 3.56. The predicted molar refractivity (Wildman–Crippen MR) is 69.7 cm³/mol. The van der Waals surface area contributed by atoms with Crippen molar-refractivity contribution in [3.05, 3.63) is 18.2 Å². The number of rotatable bonds is 1. The molecule has 5 nitrogen and oxygen atoms in total. The number of carbonyl (C=O) groups excluding carboxylic acids is 1. The Kier molecular flexibility index (Phi) is 2.63. The molecule has 1 fully saturated rings. The number of amides is 1. The summed E-state index contributed by atoms with van der Waals surface area (Å²) in [5, 5.41) is 3.28. The summed E-state index contributed by atoms with van der Waals surface area (Å²) in [7, 11) is 0. The van der Waals surface area contributed by atoms with Crippen LogP contribution in [0.5, 0.6) is 5.75 Å². The first kappa shape index (κ1) is 11.3. The first-order chi connectivity index (χ1) is 8.66. The molecule has 1 saturated heterocycles. The Morgan fingerprint density at radius 1 is 1.50 bits per heavy atom. The minimum absolute atomic E-state index is 0.0156. The molecule has 1 aromatic carbocycles. The largest absolute Gasteiger partial charge is 0.479 e. The lowest BCUT2D eigenvalue weighted by atomic mass is 10.1. The summed E-state index contributed by atoms with van der Waals surface area (Å²) >= 11 is 0. The SMILES string of the molecule is CC1Oc2ccc(N)cc2N(C2CCNC2)C1=O. The van der Waals surface area contributed by atoms with Gasteiger partial charge in [0, 0.05) is 12.2 Å². The molecule has 18 heavy (non-hydrogen) atoms. The van der Waals surface area contributed by atoms with Crippen molar-refractivity contribution in [2.24, 2.45) is 0 Å². The quantitative estimate of drug-likeness (QED) is 0.718. The van der Waals surface area contributed by atoms with Crippen LogP contribution in [0, 0.1) is 0 Å². The summed E-state index contributed by atoms with van der Waals surface area (Å²) in [5.74, 6) is 0.755. The maximum Gasteiger partial charge on any atom is 0.268 e. The fraction of sp³-hybridized carbons (Fsp3) is 0.462. The predicted octanol–water partition coefficient (Wildman–Crippen LogP) is 0.745. The molecular formula is C13H17N3O2. The number of hydrogen-bond acceptors (Lipinski definition) is 4. The molecule has 96 valence electrons. The molecule has 2 unspecified atom stereocenters. The van der Waals surface area contributed by atoms with Crippen molar-refractivity contribution in [2.45, 2.75) is 25.5 Å². The molecule has 3 rings (SSSR count). The van der Waals surface area contributed by atoms with Gasteiger partial charge >= 0.3 is 0 Å². The summed E-state index contributed by atoms with van der Waals surface area (Å²) in [4.78, 5) is 14.2. The van der Waals surface area contributed by atoms with Crippen LogP contribution in [-0.2, 0) is 4.79 Å². The highest BCUT2D eigenvalue weighted by Gasteiger charge is 2.37.